The number of benzene rings is 1. The molecule has 0 radical (unpaired) electrons. The first-order valence-corrected chi connectivity index (χ1v) is 7.57. The highest BCUT2D eigenvalue weighted by atomic mass is 79.9. The van der Waals surface area contributed by atoms with E-state index in [1.54, 1.807) is 0 Å². The van der Waals surface area contributed by atoms with Gasteiger partial charge in [0.25, 0.3) is 0 Å². The van der Waals surface area contributed by atoms with Gasteiger partial charge in [-0.2, -0.15) is 5.26 Å². The number of nitriles is 1. The van der Waals surface area contributed by atoms with Gasteiger partial charge in [0, 0.05) is 41.2 Å². The van der Waals surface area contributed by atoms with Crippen LogP contribution < -0.4 is 5.32 Å². The minimum Gasteiger partial charge on any atom is -0.314 e. The number of hydrogen-bond donors (Lipinski definition) is 1. The van der Waals surface area contributed by atoms with Crippen molar-refractivity contribution >= 4 is 31.9 Å². The first-order chi connectivity index (χ1) is 8.72. The predicted molar refractivity (Wildman–Crippen MR) is 79.3 cm³/mol. The fourth-order valence-electron chi connectivity index (χ4n) is 2.29. The molecule has 0 spiro atoms. The van der Waals surface area contributed by atoms with E-state index in [1.165, 1.54) is 5.56 Å². The van der Waals surface area contributed by atoms with Gasteiger partial charge in [0.2, 0.25) is 0 Å². The van der Waals surface area contributed by atoms with Crippen LogP contribution in [0.1, 0.15) is 18.0 Å². The van der Waals surface area contributed by atoms with E-state index < -0.39 is 0 Å². The Balaban J connectivity index is 2.28. The van der Waals surface area contributed by atoms with E-state index >= 15 is 0 Å². The molecule has 1 N–H and O–H groups in total. The summed E-state index contributed by atoms with van der Waals surface area (Å²) in [5, 5.41) is 12.4. The summed E-state index contributed by atoms with van der Waals surface area (Å²) >= 11 is 7.10. The van der Waals surface area contributed by atoms with E-state index in [0.717, 1.165) is 35.1 Å². The van der Waals surface area contributed by atoms with Gasteiger partial charge in [0.05, 0.1) is 12.5 Å². The molecule has 5 heteroatoms. The molecule has 1 saturated heterocycles. The van der Waals surface area contributed by atoms with Gasteiger partial charge in [0.1, 0.15) is 0 Å². The topological polar surface area (TPSA) is 39.1 Å². The lowest BCUT2D eigenvalue weighted by molar-refractivity contribution is 0.175. The number of piperazine rings is 1. The van der Waals surface area contributed by atoms with E-state index in [2.05, 4.69) is 54.2 Å². The fourth-order valence-corrected chi connectivity index (χ4v) is 3.18. The van der Waals surface area contributed by atoms with Crippen LogP contribution in [-0.4, -0.2) is 31.1 Å². The van der Waals surface area contributed by atoms with Crippen molar-refractivity contribution < 1.29 is 0 Å². The molecule has 3 nitrogen and oxygen atoms in total. The standard InChI is InChI=1S/C13H15Br2N3/c14-10-1-2-12(15)11(9-10)13(3-4-16)18-7-5-17-6-8-18/h1-2,9,13,17H,3,5-8H2/t13-/m1/s1. The molecule has 0 aliphatic carbocycles. The van der Waals surface area contributed by atoms with Crippen LogP contribution in [0.15, 0.2) is 27.1 Å². The maximum atomic E-state index is 9.07. The van der Waals surface area contributed by atoms with Gasteiger partial charge in [-0.25, -0.2) is 0 Å². The van der Waals surface area contributed by atoms with Crippen LogP contribution in [-0.2, 0) is 0 Å². The molecule has 1 aliphatic rings. The number of rotatable bonds is 3. The Bertz CT molecular complexity index is 450. The third kappa shape index (κ3) is 3.33. The molecule has 1 heterocycles. The van der Waals surface area contributed by atoms with Gasteiger partial charge in [-0.05, 0) is 23.8 Å². The van der Waals surface area contributed by atoms with Crippen LogP contribution in [0.5, 0.6) is 0 Å². The predicted octanol–water partition coefficient (Wildman–Crippen LogP) is 3.07. The number of halogens is 2. The van der Waals surface area contributed by atoms with Gasteiger partial charge >= 0.3 is 0 Å². The Kier molecular flexibility index (Phi) is 5.19. The average molecular weight is 373 g/mol. The minimum absolute atomic E-state index is 0.170. The molecule has 96 valence electrons. The second kappa shape index (κ2) is 6.67. The summed E-state index contributed by atoms with van der Waals surface area (Å²) in [5.41, 5.74) is 1.19. The summed E-state index contributed by atoms with van der Waals surface area (Å²) in [6, 6.07) is 8.63. The number of nitrogens with zero attached hydrogens (tertiary/aromatic N) is 2. The SMILES string of the molecule is N#CC[C@H](c1cc(Br)ccc1Br)N1CCNCC1. The van der Waals surface area contributed by atoms with Crippen molar-refractivity contribution in [1.82, 2.24) is 10.2 Å². The average Bonchev–Trinajstić information content (AvgIpc) is 2.40. The molecule has 0 saturated carbocycles. The Morgan fingerprint density at radius 2 is 2.06 bits per heavy atom. The van der Waals surface area contributed by atoms with Crippen molar-refractivity contribution in [1.29, 1.82) is 5.26 Å². The summed E-state index contributed by atoms with van der Waals surface area (Å²) in [6.07, 6.45) is 0.523. The molecule has 2 rings (SSSR count). The second-order valence-electron chi connectivity index (χ2n) is 4.33. The Morgan fingerprint density at radius 3 is 2.72 bits per heavy atom. The molecule has 1 aromatic rings. The monoisotopic (exact) mass is 371 g/mol. The Labute approximate surface area is 124 Å². The normalized spacial score (nSPS) is 18.3. The highest BCUT2D eigenvalue weighted by molar-refractivity contribution is 9.11. The first kappa shape index (κ1) is 14.0. The molecule has 0 unspecified atom stereocenters. The van der Waals surface area contributed by atoms with E-state index in [-0.39, 0.29) is 6.04 Å². The zero-order valence-corrected chi connectivity index (χ0v) is 13.2. The van der Waals surface area contributed by atoms with Crippen LogP contribution in [0.3, 0.4) is 0 Å². The van der Waals surface area contributed by atoms with Crippen molar-refractivity contribution in [2.45, 2.75) is 12.5 Å². The van der Waals surface area contributed by atoms with E-state index in [9.17, 15) is 0 Å². The number of nitrogens with one attached hydrogen (secondary N) is 1. The lowest BCUT2D eigenvalue weighted by Gasteiger charge is -2.34. The molecule has 1 fully saturated rings. The molecule has 0 amide bonds. The molecule has 1 aliphatic heterocycles. The maximum Gasteiger partial charge on any atom is 0.0641 e. The molecular weight excluding hydrogens is 358 g/mol. The maximum absolute atomic E-state index is 9.07. The van der Waals surface area contributed by atoms with Gasteiger partial charge in [-0.15, -0.1) is 0 Å². The van der Waals surface area contributed by atoms with Gasteiger partial charge in [-0.1, -0.05) is 31.9 Å². The van der Waals surface area contributed by atoms with Crippen LogP contribution in [0.25, 0.3) is 0 Å². The van der Waals surface area contributed by atoms with Crippen LogP contribution in [0.2, 0.25) is 0 Å². The van der Waals surface area contributed by atoms with E-state index in [0.29, 0.717) is 6.42 Å². The van der Waals surface area contributed by atoms with Crippen LogP contribution >= 0.6 is 31.9 Å². The second-order valence-corrected chi connectivity index (χ2v) is 6.10. The van der Waals surface area contributed by atoms with Gasteiger partial charge < -0.3 is 5.32 Å². The summed E-state index contributed by atoms with van der Waals surface area (Å²) in [6.45, 7) is 3.97. The van der Waals surface area contributed by atoms with E-state index in [1.807, 2.05) is 12.1 Å². The van der Waals surface area contributed by atoms with Crippen molar-refractivity contribution in [3.05, 3.63) is 32.7 Å². The molecule has 0 aromatic heterocycles. The summed E-state index contributed by atoms with van der Waals surface area (Å²) in [4.78, 5) is 2.38. The van der Waals surface area contributed by atoms with Crippen LogP contribution in [0.4, 0.5) is 0 Å². The Morgan fingerprint density at radius 1 is 1.33 bits per heavy atom. The van der Waals surface area contributed by atoms with Crippen LogP contribution in [0, 0.1) is 11.3 Å². The highest BCUT2D eigenvalue weighted by Gasteiger charge is 2.23. The molecular formula is C13H15Br2N3. The molecule has 1 aromatic carbocycles. The molecule has 18 heavy (non-hydrogen) atoms. The largest absolute Gasteiger partial charge is 0.314 e. The minimum atomic E-state index is 0.170. The van der Waals surface area contributed by atoms with E-state index in [4.69, 9.17) is 5.26 Å². The van der Waals surface area contributed by atoms with Crippen molar-refractivity contribution in [2.75, 3.05) is 26.2 Å². The summed E-state index contributed by atoms with van der Waals surface area (Å²) in [5.74, 6) is 0. The van der Waals surface area contributed by atoms with Gasteiger partial charge in [-0.3, -0.25) is 4.90 Å². The number of hydrogen-bond acceptors (Lipinski definition) is 3. The van der Waals surface area contributed by atoms with Crippen molar-refractivity contribution in [3.8, 4) is 6.07 Å². The highest BCUT2D eigenvalue weighted by Crippen LogP contribution is 2.32. The zero-order chi connectivity index (χ0) is 13.0. The smallest absolute Gasteiger partial charge is 0.0641 e. The quantitative estimate of drug-likeness (QED) is 0.886. The van der Waals surface area contributed by atoms with Crippen molar-refractivity contribution in [2.24, 2.45) is 0 Å². The lowest BCUT2D eigenvalue weighted by Crippen LogP contribution is -2.45. The lowest BCUT2D eigenvalue weighted by atomic mass is 10.0. The fraction of sp³-hybridized carbons (Fsp3) is 0.462. The van der Waals surface area contributed by atoms with Gasteiger partial charge in [0.15, 0.2) is 0 Å². The molecule has 0 bridgehead atoms. The molecule has 1 atom stereocenters. The summed E-state index contributed by atoms with van der Waals surface area (Å²) < 4.78 is 2.13. The third-order valence-corrected chi connectivity index (χ3v) is 4.41. The van der Waals surface area contributed by atoms with Crippen molar-refractivity contribution in [3.63, 3.8) is 0 Å². The Hall–Kier alpha value is -0.410. The zero-order valence-electron chi connectivity index (χ0n) is 10.00. The summed E-state index contributed by atoms with van der Waals surface area (Å²) in [7, 11) is 0. The first-order valence-electron chi connectivity index (χ1n) is 5.99. The third-order valence-electron chi connectivity index (χ3n) is 3.19.